The number of amides is 3. The van der Waals surface area contributed by atoms with Gasteiger partial charge in [0, 0.05) is 25.7 Å². The Labute approximate surface area is 200 Å². The average Bonchev–Trinajstić information content (AvgIpc) is 3.39. The van der Waals surface area contributed by atoms with Crippen LogP contribution >= 0.6 is 0 Å². The number of benzene rings is 2. The van der Waals surface area contributed by atoms with Gasteiger partial charge in [-0.05, 0) is 43.2 Å². The minimum absolute atomic E-state index is 0.0772. The van der Waals surface area contributed by atoms with Crippen LogP contribution in [0.1, 0.15) is 49.1 Å². The first-order valence-corrected chi connectivity index (χ1v) is 12.3. The van der Waals surface area contributed by atoms with Gasteiger partial charge in [0.15, 0.2) is 6.04 Å². The number of nitrogens with zero attached hydrogens (tertiary/aromatic N) is 3. The maximum atomic E-state index is 14.2. The van der Waals surface area contributed by atoms with Crippen molar-refractivity contribution in [2.45, 2.75) is 56.1 Å². The SMILES string of the molecule is O=C(O)[C@@H]1[C@H]2CCC[C@@H](CN1C(=O)N1CCCC1)N2C(=O)C(c1ccccc1)c1ccccc1. The van der Waals surface area contributed by atoms with E-state index < -0.39 is 24.0 Å². The molecule has 2 bridgehead atoms. The van der Waals surface area contributed by atoms with Crippen molar-refractivity contribution < 1.29 is 19.5 Å². The molecule has 2 aromatic carbocycles. The summed E-state index contributed by atoms with van der Waals surface area (Å²) in [6, 6.07) is 17.4. The van der Waals surface area contributed by atoms with E-state index in [2.05, 4.69) is 0 Å². The molecular weight excluding hydrogens is 430 g/mol. The molecule has 0 saturated carbocycles. The minimum atomic E-state index is -1.04. The summed E-state index contributed by atoms with van der Waals surface area (Å²) < 4.78 is 0. The highest BCUT2D eigenvalue weighted by molar-refractivity contribution is 5.90. The molecule has 3 atom stereocenters. The highest BCUT2D eigenvalue weighted by Crippen LogP contribution is 2.38. The number of fused-ring (bicyclic) bond motifs is 2. The summed E-state index contributed by atoms with van der Waals surface area (Å²) in [5.41, 5.74) is 1.78. The molecule has 2 aromatic rings. The second-order valence-electron chi connectivity index (χ2n) is 9.56. The topological polar surface area (TPSA) is 81.2 Å². The third-order valence-electron chi connectivity index (χ3n) is 7.54. The predicted octanol–water partition coefficient (Wildman–Crippen LogP) is 3.55. The van der Waals surface area contributed by atoms with Gasteiger partial charge in [0.05, 0.1) is 12.0 Å². The molecule has 0 aliphatic carbocycles. The van der Waals surface area contributed by atoms with E-state index in [9.17, 15) is 19.5 Å². The fraction of sp³-hybridized carbons (Fsp3) is 0.444. The van der Waals surface area contributed by atoms with Gasteiger partial charge in [-0.15, -0.1) is 0 Å². The molecule has 3 amide bonds. The zero-order chi connectivity index (χ0) is 23.7. The van der Waals surface area contributed by atoms with Gasteiger partial charge in [0.25, 0.3) is 0 Å². The van der Waals surface area contributed by atoms with Crippen molar-refractivity contribution in [3.8, 4) is 0 Å². The van der Waals surface area contributed by atoms with Crippen molar-refractivity contribution in [1.82, 2.24) is 14.7 Å². The fourth-order valence-electron chi connectivity index (χ4n) is 6.00. The summed E-state index contributed by atoms with van der Waals surface area (Å²) in [5, 5.41) is 10.2. The van der Waals surface area contributed by atoms with E-state index in [1.54, 1.807) is 4.90 Å². The second kappa shape index (κ2) is 9.49. The Bertz CT molecular complexity index is 999. The van der Waals surface area contributed by atoms with Crippen LogP contribution in [0.4, 0.5) is 4.79 Å². The maximum Gasteiger partial charge on any atom is 0.328 e. The molecule has 0 spiro atoms. The number of urea groups is 1. The predicted molar refractivity (Wildman–Crippen MR) is 127 cm³/mol. The molecule has 3 heterocycles. The molecule has 0 radical (unpaired) electrons. The van der Waals surface area contributed by atoms with Crippen molar-refractivity contribution >= 4 is 17.9 Å². The number of likely N-dealkylation sites (tertiary alicyclic amines) is 2. The zero-order valence-electron chi connectivity index (χ0n) is 19.3. The molecule has 7 heteroatoms. The van der Waals surface area contributed by atoms with Crippen molar-refractivity contribution in [1.29, 1.82) is 0 Å². The van der Waals surface area contributed by atoms with Crippen LogP contribution in [0.25, 0.3) is 0 Å². The van der Waals surface area contributed by atoms with Gasteiger partial charge in [-0.2, -0.15) is 0 Å². The lowest BCUT2D eigenvalue weighted by Gasteiger charge is -2.54. The molecule has 5 rings (SSSR count). The van der Waals surface area contributed by atoms with Gasteiger partial charge >= 0.3 is 12.0 Å². The van der Waals surface area contributed by atoms with E-state index in [1.165, 1.54) is 4.90 Å². The molecule has 34 heavy (non-hydrogen) atoms. The molecule has 0 aromatic heterocycles. The van der Waals surface area contributed by atoms with Gasteiger partial charge in [-0.1, -0.05) is 60.7 Å². The molecule has 7 nitrogen and oxygen atoms in total. The molecule has 3 aliphatic heterocycles. The summed E-state index contributed by atoms with van der Waals surface area (Å²) in [6.45, 7) is 1.61. The number of rotatable bonds is 4. The highest BCUT2D eigenvalue weighted by atomic mass is 16.4. The van der Waals surface area contributed by atoms with Crippen LogP contribution in [-0.2, 0) is 9.59 Å². The van der Waals surface area contributed by atoms with E-state index >= 15 is 0 Å². The highest BCUT2D eigenvalue weighted by Gasteiger charge is 2.52. The minimum Gasteiger partial charge on any atom is -0.480 e. The smallest absolute Gasteiger partial charge is 0.328 e. The molecule has 3 fully saturated rings. The third-order valence-corrected chi connectivity index (χ3v) is 7.54. The lowest BCUT2D eigenvalue weighted by Crippen LogP contribution is -2.71. The van der Waals surface area contributed by atoms with Crippen LogP contribution in [0.3, 0.4) is 0 Å². The summed E-state index contributed by atoms with van der Waals surface area (Å²) in [4.78, 5) is 45.1. The van der Waals surface area contributed by atoms with Crippen LogP contribution in [0.2, 0.25) is 0 Å². The Morgan fingerprint density at radius 1 is 0.824 bits per heavy atom. The van der Waals surface area contributed by atoms with Crippen molar-refractivity contribution in [2.75, 3.05) is 19.6 Å². The standard InChI is InChI=1S/C27H31N3O4/c31-25(23(19-10-3-1-4-11-19)20-12-5-2-6-13-20)30-21-14-9-15-22(30)24(26(32)33)29(18-21)27(34)28-16-7-8-17-28/h1-6,10-13,21-24H,7-9,14-18H2,(H,32,33)/t21-,22+,24-/m0/s1. The van der Waals surface area contributed by atoms with Gasteiger partial charge in [0.2, 0.25) is 5.91 Å². The number of piperazine rings is 1. The number of aliphatic carboxylic acids is 1. The number of hydrogen-bond acceptors (Lipinski definition) is 3. The number of hydrogen-bond donors (Lipinski definition) is 1. The number of carboxylic acids is 1. The Hall–Kier alpha value is -3.35. The molecule has 3 saturated heterocycles. The van der Waals surface area contributed by atoms with Crippen molar-refractivity contribution in [3.63, 3.8) is 0 Å². The first-order valence-electron chi connectivity index (χ1n) is 12.3. The molecule has 3 aliphatic rings. The Morgan fingerprint density at radius 2 is 1.41 bits per heavy atom. The van der Waals surface area contributed by atoms with E-state index in [-0.39, 0.29) is 24.5 Å². The Morgan fingerprint density at radius 3 is 1.97 bits per heavy atom. The van der Waals surface area contributed by atoms with E-state index in [1.807, 2.05) is 65.6 Å². The molecule has 1 N–H and O–H groups in total. The number of carbonyl (C=O) groups is 3. The first-order chi connectivity index (χ1) is 16.6. The van der Waals surface area contributed by atoms with Crippen LogP contribution in [0, 0.1) is 0 Å². The van der Waals surface area contributed by atoms with Crippen LogP contribution < -0.4 is 0 Å². The number of carboxylic acid groups (broad SMARTS) is 1. The third kappa shape index (κ3) is 4.04. The summed E-state index contributed by atoms with van der Waals surface area (Å²) in [6.07, 6.45) is 4.11. The summed E-state index contributed by atoms with van der Waals surface area (Å²) in [7, 11) is 0. The quantitative estimate of drug-likeness (QED) is 0.755. The van der Waals surface area contributed by atoms with Crippen LogP contribution in [0.15, 0.2) is 60.7 Å². The van der Waals surface area contributed by atoms with Gasteiger partial charge < -0.3 is 19.8 Å². The number of carbonyl (C=O) groups excluding carboxylic acids is 2. The van der Waals surface area contributed by atoms with Gasteiger partial charge in [0.1, 0.15) is 0 Å². The molecule has 178 valence electrons. The number of piperidine rings is 1. The Balaban J connectivity index is 1.51. The monoisotopic (exact) mass is 461 g/mol. The molecule has 0 unspecified atom stereocenters. The first kappa shape index (κ1) is 22.4. The van der Waals surface area contributed by atoms with Crippen LogP contribution in [0.5, 0.6) is 0 Å². The van der Waals surface area contributed by atoms with Gasteiger partial charge in [-0.3, -0.25) is 4.79 Å². The van der Waals surface area contributed by atoms with E-state index in [0.717, 1.165) is 36.8 Å². The van der Waals surface area contributed by atoms with E-state index in [0.29, 0.717) is 19.5 Å². The largest absolute Gasteiger partial charge is 0.480 e. The maximum absolute atomic E-state index is 14.2. The summed E-state index contributed by atoms with van der Waals surface area (Å²) >= 11 is 0. The lowest BCUT2D eigenvalue weighted by molar-refractivity contribution is -0.158. The average molecular weight is 462 g/mol. The summed E-state index contributed by atoms with van der Waals surface area (Å²) in [5.74, 6) is -1.63. The van der Waals surface area contributed by atoms with Crippen LogP contribution in [-0.4, -0.2) is 75.5 Å². The fourth-order valence-corrected chi connectivity index (χ4v) is 6.00. The van der Waals surface area contributed by atoms with Gasteiger partial charge in [-0.25, -0.2) is 9.59 Å². The lowest BCUT2D eigenvalue weighted by atomic mass is 9.82. The molecular formula is C27H31N3O4. The van der Waals surface area contributed by atoms with E-state index in [4.69, 9.17) is 0 Å². The van der Waals surface area contributed by atoms with Crippen molar-refractivity contribution in [2.24, 2.45) is 0 Å². The second-order valence-corrected chi connectivity index (χ2v) is 9.56. The Kier molecular flexibility index (Phi) is 6.26. The zero-order valence-corrected chi connectivity index (χ0v) is 19.3. The van der Waals surface area contributed by atoms with Crippen molar-refractivity contribution in [3.05, 3.63) is 71.8 Å². The normalized spacial score (nSPS) is 24.4.